The summed E-state index contributed by atoms with van der Waals surface area (Å²) in [6.07, 6.45) is 0. The van der Waals surface area contributed by atoms with E-state index in [-0.39, 0.29) is 17.4 Å². The number of nitrogens with zero attached hydrogens (tertiary/aromatic N) is 1. The molecule has 0 aromatic heterocycles. The quantitative estimate of drug-likeness (QED) is 0.790. The lowest BCUT2D eigenvalue weighted by atomic mass is 10.3. The number of hydrogen-bond donors (Lipinski definition) is 1. The molecule has 7 nitrogen and oxygen atoms in total. The second kappa shape index (κ2) is 8.71. The maximum absolute atomic E-state index is 12.6. The highest BCUT2D eigenvalue weighted by Crippen LogP contribution is 2.23. The molecule has 1 fully saturated rings. The Bertz CT molecular complexity index is 896. The molecule has 0 bridgehead atoms. The summed E-state index contributed by atoms with van der Waals surface area (Å²) in [5.41, 5.74) is 0.476. The van der Waals surface area contributed by atoms with Crippen LogP contribution in [0, 0.1) is 0 Å². The lowest BCUT2D eigenvalue weighted by Gasteiger charge is -2.26. The maximum Gasteiger partial charge on any atom is 0.262 e. The van der Waals surface area contributed by atoms with E-state index in [1.807, 2.05) is 0 Å². The number of ether oxygens (including phenoxy) is 2. The van der Waals surface area contributed by atoms with Gasteiger partial charge in [-0.05, 0) is 36.4 Å². The van der Waals surface area contributed by atoms with E-state index in [9.17, 15) is 13.2 Å². The minimum Gasteiger partial charge on any atom is -0.482 e. The molecule has 0 radical (unpaired) electrons. The summed E-state index contributed by atoms with van der Waals surface area (Å²) >= 11 is 5.97. The van der Waals surface area contributed by atoms with E-state index in [4.69, 9.17) is 21.1 Å². The SMILES string of the molecule is O=C(COc1ccccc1Cl)Nc1ccc(S(=O)(=O)N2CCOCC2)cc1. The van der Waals surface area contributed by atoms with Crippen molar-refractivity contribution in [2.45, 2.75) is 4.90 Å². The van der Waals surface area contributed by atoms with Crippen molar-refractivity contribution in [2.24, 2.45) is 0 Å². The highest BCUT2D eigenvalue weighted by atomic mass is 35.5. The molecule has 1 heterocycles. The Kier molecular flexibility index (Phi) is 6.33. The Morgan fingerprint density at radius 1 is 1.11 bits per heavy atom. The number of morpholine rings is 1. The lowest BCUT2D eigenvalue weighted by molar-refractivity contribution is -0.118. The first-order valence-corrected chi connectivity index (χ1v) is 10.1. The van der Waals surface area contributed by atoms with Crippen LogP contribution in [0.5, 0.6) is 5.75 Å². The minimum atomic E-state index is -3.56. The van der Waals surface area contributed by atoms with Crippen LogP contribution in [-0.2, 0) is 19.6 Å². The zero-order chi connectivity index (χ0) is 19.3. The zero-order valence-electron chi connectivity index (χ0n) is 14.4. The smallest absolute Gasteiger partial charge is 0.262 e. The number of para-hydroxylation sites is 1. The number of carbonyl (C=O) groups is 1. The molecule has 1 aliphatic heterocycles. The number of sulfonamides is 1. The van der Waals surface area contributed by atoms with Crippen molar-refractivity contribution in [2.75, 3.05) is 38.2 Å². The van der Waals surface area contributed by atoms with E-state index in [0.717, 1.165) is 0 Å². The second-order valence-corrected chi connectivity index (χ2v) is 8.15. The van der Waals surface area contributed by atoms with Crippen molar-refractivity contribution >= 4 is 33.2 Å². The number of anilines is 1. The first-order chi connectivity index (χ1) is 13.0. The van der Waals surface area contributed by atoms with Crippen molar-refractivity contribution < 1.29 is 22.7 Å². The molecular weight excluding hydrogens is 392 g/mol. The fraction of sp³-hybridized carbons (Fsp3) is 0.278. The second-order valence-electron chi connectivity index (χ2n) is 5.81. The van der Waals surface area contributed by atoms with Crippen LogP contribution in [0.1, 0.15) is 0 Å². The molecule has 1 amide bonds. The van der Waals surface area contributed by atoms with Crippen LogP contribution >= 0.6 is 11.6 Å². The van der Waals surface area contributed by atoms with Crippen LogP contribution in [-0.4, -0.2) is 51.5 Å². The van der Waals surface area contributed by atoms with Gasteiger partial charge in [-0.1, -0.05) is 23.7 Å². The van der Waals surface area contributed by atoms with Crippen LogP contribution < -0.4 is 10.1 Å². The highest BCUT2D eigenvalue weighted by molar-refractivity contribution is 7.89. The molecule has 144 valence electrons. The average Bonchev–Trinajstić information content (AvgIpc) is 2.68. The van der Waals surface area contributed by atoms with Gasteiger partial charge in [0.2, 0.25) is 10.0 Å². The molecule has 0 atom stereocenters. The number of carbonyl (C=O) groups excluding carboxylic acids is 1. The normalized spacial score (nSPS) is 15.3. The van der Waals surface area contributed by atoms with Crippen LogP contribution in [0.15, 0.2) is 53.4 Å². The van der Waals surface area contributed by atoms with Gasteiger partial charge in [-0.2, -0.15) is 4.31 Å². The van der Waals surface area contributed by atoms with Crippen LogP contribution in [0.25, 0.3) is 0 Å². The van der Waals surface area contributed by atoms with Crippen LogP contribution in [0.3, 0.4) is 0 Å². The van der Waals surface area contributed by atoms with Crippen LogP contribution in [0.2, 0.25) is 5.02 Å². The molecule has 2 aromatic rings. The lowest BCUT2D eigenvalue weighted by Crippen LogP contribution is -2.40. The Morgan fingerprint density at radius 2 is 1.78 bits per heavy atom. The standard InChI is InChI=1S/C18H19ClN2O5S/c19-16-3-1-2-4-17(16)26-13-18(22)20-14-5-7-15(8-6-14)27(23,24)21-9-11-25-12-10-21/h1-8H,9-13H2,(H,20,22). The first kappa shape index (κ1) is 19.6. The van der Waals surface area contributed by atoms with E-state index < -0.39 is 10.0 Å². The van der Waals surface area contributed by atoms with E-state index >= 15 is 0 Å². The van der Waals surface area contributed by atoms with Gasteiger partial charge in [0.15, 0.2) is 6.61 Å². The van der Waals surface area contributed by atoms with Crippen LogP contribution in [0.4, 0.5) is 5.69 Å². The van der Waals surface area contributed by atoms with E-state index in [2.05, 4.69) is 5.32 Å². The molecule has 1 saturated heterocycles. The Hall–Kier alpha value is -2.13. The molecule has 1 aliphatic rings. The van der Waals surface area contributed by atoms with Gasteiger partial charge in [0.25, 0.3) is 5.91 Å². The molecule has 0 unspecified atom stereocenters. The molecule has 0 aliphatic carbocycles. The Morgan fingerprint density at radius 3 is 2.44 bits per heavy atom. The van der Waals surface area contributed by atoms with Gasteiger partial charge in [-0.3, -0.25) is 4.79 Å². The Labute approximate surface area is 162 Å². The molecule has 9 heteroatoms. The maximum atomic E-state index is 12.6. The molecule has 1 N–H and O–H groups in total. The third kappa shape index (κ3) is 4.98. The third-order valence-electron chi connectivity index (χ3n) is 3.94. The van der Waals surface area contributed by atoms with Gasteiger partial charge < -0.3 is 14.8 Å². The molecule has 0 spiro atoms. The molecule has 27 heavy (non-hydrogen) atoms. The highest BCUT2D eigenvalue weighted by Gasteiger charge is 2.26. The number of benzene rings is 2. The number of rotatable bonds is 6. The summed E-state index contributed by atoms with van der Waals surface area (Å²) in [5.74, 6) is 0.0416. The summed E-state index contributed by atoms with van der Waals surface area (Å²) in [7, 11) is -3.56. The predicted molar refractivity (Wildman–Crippen MR) is 102 cm³/mol. The topological polar surface area (TPSA) is 84.9 Å². The van der Waals surface area contributed by atoms with Crippen molar-refractivity contribution in [1.82, 2.24) is 4.31 Å². The molecule has 3 rings (SSSR count). The van der Waals surface area contributed by atoms with Gasteiger partial charge in [-0.25, -0.2) is 8.42 Å². The van der Waals surface area contributed by atoms with Gasteiger partial charge >= 0.3 is 0 Å². The van der Waals surface area contributed by atoms with Gasteiger partial charge in [-0.15, -0.1) is 0 Å². The number of amides is 1. The Balaban J connectivity index is 1.58. The van der Waals surface area contributed by atoms with Gasteiger partial charge in [0, 0.05) is 18.8 Å². The molecule has 0 saturated carbocycles. The van der Waals surface area contributed by atoms with Crippen molar-refractivity contribution in [3.8, 4) is 5.75 Å². The van der Waals surface area contributed by atoms with Crippen molar-refractivity contribution in [3.63, 3.8) is 0 Å². The number of nitrogens with one attached hydrogen (secondary N) is 1. The number of halogens is 1. The largest absolute Gasteiger partial charge is 0.482 e. The monoisotopic (exact) mass is 410 g/mol. The molecular formula is C18H19ClN2O5S. The van der Waals surface area contributed by atoms with Crippen molar-refractivity contribution in [3.05, 3.63) is 53.6 Å². The summed E-state index contributed by atoms with van der Waals surface area (Å²) in [4.78, 5) is 12.2. The fourth-order valence-electron chi connectivity index (χ4n) is 2.55. The average molecular weight is 411 g/mol. The number of hydrogen-bond acceptors (Lipinski definition) is 5. The fourth-order valence-corrected chi connectivity index (χ4v) is 4.15. The third-order valence-corrected chi connectivity index (χ3v) is 6.17. The van der Waals surface area contributed by atoms with E-state index in [1.165, 1.54) is 16.4 Å². The molecule has 2 aromatic carbocycles. The summed E-state index contributed by atoms with van der Waals surface area (Å²) in [6.45, 7) is 1.23. The summed E-state index contributed by atoms with van der Waals surface area (Å²) < 4.78 is 37.1. The summed E-state index contributed by atoms with van der Waals surface area (Å²) in [6, 6.07) is 12.9. The van der Waals surface area contributed by atoms with E-state index in [0.29, 0.717) is 42.8 Å². The van der Waals surface area contributed by atoms with Crippen molar-refractivity contribution in [1.29, 1.82) is 0 Å². The minimum absolute atomic E-state index is 0.176. The van der Waals surface area contributed by atoms with Gasteiger partial charge in [0.05, 0.1) is 23.1 Å². The summed E-state index contributed by atoms with van der Waals surface area (Å²) in [5, 5.41) is 3.07. The van der Waals surface area contributed by atoms with Gasteiger partial charge in [0.1, 0.15) is 5.75 Å². The predicted octanol–water partition coefficient (Wildman–Crippen LogP) is 2.38. The van der Waals surface area contributed by atoms with E-state index in [1.54, 1.807) is 36.4 Å². The first-order valence-electron chi connectivity index (χ1n) is 8.32. The zero-order valence-corrected chi connectivity index (χ0v) is 16.0.